The van der Waals surface area contributed by atoms with E-state index in [0.717, 1.165) is 6.07 Å². The predicted molar refractivity (Wildman–Crippen MR) is 83.3 cm³/mol. The fourth-order valence-corrected chi connectivity index (χ4v) is 2.61. The molecular weight excluding hydrogens is 304 g/mol. The van der Waals surface area contributed by atoms with Crippen molar-refractivity contribution in [3.05, 3.63) is 29.3 Å². The Balaban J connectivity index is 2.05. The molecule has 5 nitrogen and oxygen atoms in total. The van der Waals surface area contributed by atoms with E-state index in [9.17, 15) is 18.4 Å². The molecule has 0 unspecified atom stereocenters. The molecular formula is C16H21F2N3O2. The summed E-state index contributed by atoms with van der Waals surface area (Å²) in [5.41, 5.74) is 0.316. The number of hydrogen-bond acceptors (Lipinski definition) is 3. The van der Waals surface area contributed by atoms with E-state index in [2.05, 4.69) is 10.6 Å². The van der Waals surface area contributed by atoms with Crippen LogP contribution in [0.15, 0.2) is 12.1 Å². The monoisotopic (exact) mass is 325 g/mol. The molecule has 0 bridgehead atoms. The molecule has 0 radical (unpaired) electrons. The van der Waals surface area contributed by atoms with Crippen molar-refractivity contribution in [3.8, 4) is 0 Å². The normalized spacial score (nSPS) is 14.2. The van der Waals surface area contributed by atoms with Gasteiger partial charge in [0.2, 0.25) is 5.91 Å². The van der Waals surface area contributed by atoms with Gasteiger partial charge in [-0.1, -0.05) is 0 Å². The van der Waals surface area contributed by atoms with Crippen molar-refractivity contribution in [2.45, 2.75) is 39.2 Å². The third-order valence-electron chi connectivity index (χ3n) is 3.37. The van der Waals surface area contributed by atoms with Crippen molar-refractivity contribution < 1.29 is 18.4 Å². The number of carbonyl (C=O) groups is 2. The zero-order valence-corrected chi connectivity index (χ0v) is 13.5. The van der Waals surface area contributed by atoms with Crippen molar-refractivity contribution in [2.24, 2.45) is 0 Å². The minimum Gasteiger partial charge on any atom is -0.360 e. The van der Waals surface area contributed by atoms with Gasteiger partial charge in [-0.25, -0.2) is 13.6 Å². The highest BCUT2D eigenvalue weighted by molar-refractivity contribution is 5.96. The molecule has 2 N–H and O–H groups in total. The largest absolute Gasteiger partial charge is 0.360 e. The maximum Gasteiger partial charge on any atom is 0.321 e. The molecule has 0 saturated heterocycles. The molecule has 1 aromatic carbocycles. The molecule has 3 amide bonds. The Kier molecular flexibility index (Phi) is 4.87. The van der Waals surface area contributed by atoms with Crippen LogP contribution in [0.2, 0.25) is 0 Å². The van der Waals surface area contributed by atoms with Crippen molar-refractivity contribution in [2.75, 3.05) is 18.0 Å². The van der Waals surface area contributed by atoms with Gasteiger partial charge in [0.25, 0.3) is 0 Å². The van der Waals surface area contributed by atoms with E-state index in [4.69, 9.17) is 0 Å². The third-order valence-corrected chi connectivity index (χ3v) is 3.37. The number of imide groups is 1. The average Bonchev–Trinajstić information content (AvgIpc) is 2.34. The Bertz CT molecular complexity index is 626. The summed E-state index contributed by atoms with van der Waals surface area (Å²) >= 11 is 0. The van der Waals surface area contributed by atoms with Gasteiger partial charge in [-0.2, -0.15) is 0 Å². The van der Waals surface area contributed by atoms with E-state index in [1.165, 1.54) is 11.0 Å². The summed E-state index contributed by atoms with van der Waals surface area (Å²) in [7, 11) is 0. The highest BCUT2D eigenvalue weighted by Crippen LogP contribution is 2.30. The average molecular weight is 325 g/mol. The van der Waals surface area contributed by atoms with Crippen LogP contribution in [0, 0.1) is 11.6 Å². The maximum atomic E-state index is 14.0. The Morgan fingerprint density at radius 1 is 1.26 bits per heavy atom. The molecule has 1 aliphatic rings. The second-order valence-corrected chi connectivity index (χ2v) is 6.67. The zero-order valence-electron chi connectivity index (χ0n) is 13.5. The Labute approximate surface area is 134 Å². The first-order chi connectivity index (χ1) is 10.7. The summed E-state index contributed by atoms with van der Waals surface area (Å²) in [4.78, 5) is 25.2. The van der Waals surface area contributed by atoms with E-state index in [1.807, 2.05) is 0 Å². The topological polar surface area (TPSA) is 61.4 Å². The summed E-state index contributed by atoms with van der Waals surface area (Å²) in [5, 5.41) is 4.83. The van der Waals surface area contributed by atoms with Gasteiger partial charge in [0.15, 0.2) is 0 Å². The molecule has 0 fully saturated rings. The number of benzene rings is 1. The summed E-state index contributed by atoms with van der Waals surface area (Å²) < 4.78 is 27.3. The first-order valence-corrected chi connectivity index (χ1v) is 7.50. The van der Waals surface area contributed by atoms with Crippen LogP contribution in [0.4, 0.5) is 19.3 Å². The molecule has 1 heterocycles. The number of amides is 3. The smallest absolute Gasteiger partial charge is 0.321 e. The molecule has 23 heavy (non-hydrogen) atoms. The van der Waals surface area contributed by atoms with Crippen LogP contribution in [-0.4, -0.2) is 30.6 Å². The Morgan fingerprint density at radius 3 is 2.61 bits per heavy atom. The quantitative estimate of drug-likeness (QED) is 0.877. The van der Waals surface area contributed by atoms with Gasteiger partial charge in [-0.15, -0.1) is 0 Å². The zero-order chi connectivity index (χ0) is 17.2. The third kappa shape index (κ3) is 4.64. The molecule has 0 aromatic heterocycles. The van der Waals surface area contributed by atoms with Crippen molar-refractivity contribution in [3.63, 3.8) is 0 Å². The summed E-state index contributed by atoms with van der Waals surface area (Å²) in [5.74, 6) is -1.85. The van der Waals surface area contributed by atoms with Crippen LogP contribution in [0.5, 0.6) is 0 Å². The van der Waals surface area contributed by atoms with Gasteiger partial charge >= 0.3 is 6.03 Å². The molecule has 126 valence electrons. The van der Waals surface area contributed by atoms with Crippen molar-refractivity contribution in [1.82, 2.24) is 10.6 Å². The second-order valence-electron chi connectivity index (χ2n) is 6.67. The molecule has 0 saturated carbocycles. The summed E-state index contributed by atoms with van der Waals surface area (Å²) in [6, 6.07) is 1.50. The lowest BCUT2D eigenvalue weighted by Crippen LogP contribution is -2.50. The number of hydrogen-bond donors (Lipinski definition) is 2. The van der Waals surface area contributed by atoms with Gasteiger partial charge in [0, 0.05) is 18.2 Å². The lowest BCUT2D eigenvalue weighted by molar-refractivity contribution is -0.118. The summed E-state index contributed by atoms with van der Waals surface area (Å²) in [6.45, 7) is 5.70. The van der Waals surface area contributed by atoms with Crippen LogP contribution in [0.1, 0.15) is 32.8 Å². The van der Waals surface area contributed by atoms with Crippen LogP contribution in [-0.2, 0) is 11.2 Å². The Morgan fingerprint density at radius 2 is 1.96 bits per heavy atom. The van der Waals surface area contributed by atoms with Crippen LogP contribution in [0.25, 0.3) is 0 Å². The number of nitrogens with zero attached hydrogens (tertiary/aromatic N) is 1. The Hall–Kier alpha value is -2.18. The molecule has 0 spiro atoms. The molecule has 0 aliphatic carbocycles. The highest BCUT2D eigenvalue weighted by Gasteiger charge is 2.24. The number of aryl methyl sites for hydroxylation is 1. The standard InChI is InChI=1S/C16H21F2N3O2/c1-16(2,3)20-15(23)19-13(22)9-21-6-4-5-10-7-11(17)8-12(18)14(10)21/h7-8H,4-6,9H2,1-3H3,(H2,19,20,22,23). The van der Waals surface area contributed by atoms with Crippen LogP contribution in [0.3, 0.4) is 0 Å². The van der Waals surface area contributed by atoms with E-state index >= 15 is 0 Å². The maximum absolute atomic E-state index is 14.0. The lowest BCUT2D eigenvalue weighted by atomic mass is 10.0. The number of carbonyl (C=O) groups excluding carboxylic acids is 2. The number of anilines is 1. The first kappa shape index (κ1) is 17.2. The molecule has 1 aromatic rings. The van der Waals surface area contributed by atoms with Gasteiger partial charge in [-0.3, -0.25) is 10.1 Å². The SMILES string of the molecule is CC(C)(C)NC(=O)NC(=O)CN1CCCc2cc(F)cc(F)c21. The fourth-order valence-electron chi connectivity index (χ4n) is 2.61. The van der Waals surface area contributed by atoms with E-state index in [0.29, 0.717) is 24.9 Å². The molecule has 1 aliphatic heterocycles. The van der Waals surface area contributed by atoms with E-state index < -0.39 is 29.1 Å². The van der Waals surface area contributed by atoms with E-state index in [-0.39, 0.29) is 12.2 Å². The number of halogens is 2. The highest BCUT2D eigenvalue weighted by atomic mass is 19.1. The van der Waals surface area contributed by atoms with Gasteiger partial charge in [0.1, 0.15) is 11.6 Å². The summed E-state index contributed by atoms with van der Waals surface area (Å²) in [6.07, 6.45) is 1.25. The minimum absolute atomic E-state index is 0.160. The van der Waals surface area contributed by atoms with Crippen molar-refractivity contribution >= 4 is 17.6 Å². The van der Waals surface area contributed by atoms with Crippen LogP contribution >= 0.6 is 0 Å². The van der Waals surface area contributed by atoms with Gasteiger partial charge in [-0.05, 0) is 45.2 Å². The second kappa shape index (κ2) is 6.52. The number of rotatable bonds is 2. The van der Waals surface area contributed by atoms with E-state index in [1.54, 1.807) is 20.8 Å². The predicted octanol–water partition coefficient (Wildman–Crippen LogP) is 2.34. The van der Waals surface area contributed by atoms with Crippen molar-refractivity contribution in [1.29, 1.82) is 0 Å². The molecule has 0 atom stereocenters. The van der Waals surface area contributed by atoms with Gasteiger partial charge < -0.3 is 10.2 Å². The number of nitrogens with one attached hydrogen (secondary N) is 2. The first-order valence-electron chi connectivity index (χ1n) is 7.50. The number of fused-ring (bicyclic) bond motifs is 1. The fraction of sp³-hybridized carbons (Fsp3) is 0.500. The molecule has 2 rings (SSSR count). The number of urea groups is 1. The molecule has 7 heteroatoms. The minimum atomic E-state index is -0.688. The lowest BCUT2D eigenvalue weighted by Gasteiger charge is -2.31. The van der Waals surface area contributed by atoms with Gasteiger partial charge in [0.05, 0.1) is 12.2 Å². The van der Waals surface area contributed by atoms with Crippen LogP contribution < -0.4 is 15.5 Å².